The van der Waals surface area contributed by atoms with Crippen LogP contribution in [0.2, 0.25) is 0 Å². The highest BCUT2D eigenvalue weighted by Crippen LogP contribution is 2.30. The second kappa shape index (κ2) is 14.9. The van der Waals surface area contributed by atoms with Crippen LogP contribution in [0.5, 0.6) is 5.75 Å². The Morgan fingerprint density at radius 3 is 2.34 bits per heavy atom. The van der Waals surface area contributed by atoms with Crippen molar-refractivity contribution in [3.8, 4) is 17.1 Å². The van der Waals surface area contributed by atoms with Crippen molar-refractivity contribution in [2.75, 3.05) is 40.6 Å². The molecule has 0 bridgehead atoms. The van der Waals surface area contributed by atoms with E-state index in [0.29, 0.717) is 32.8 Å². The average Bonchev–Trinajstić information content (AvgIpc) is 3.26. The number of nitrogens with zero attached hydrogens (tertiary/aromatic N) is 2. The lowest BCUT2D eigenvalue weighted by Gasteiger charge is -2.19. The number of aryl methyl sites for hydroxylation is 1. The summed E-state index contributed by atoms with van der Waals surface area (Å²) in [5.41, 5.74) is 4.55. The number of benzene rings is 2. The van der Waals surface area contributed by atoms with Gasteiger partial charge in [-0.05, 0) is 55.2 Å². The van der Waals surface area contributed by atoms with Crippen molar-refractivity contribution in [3.63, 3.8) is 0 Å². The highest BCUT2D eigenvalue weighted by molar-refractivity contribution is 5.82. The van der Waals surface area contributed by atoms with E-state index in [4.69, 9.17) is 19.2 Å². The van der Waals surface area contributed by atoms with Gasteiger partial charge in [0.15, 0.2) is 0 Å². The first-order valence-corrected chi connectivity index (χ1v) is 13.8. The van der Waals surface area contributed by atoms with Crippen LogP contribution in [0.3, 0.4) is 0 Å². The zero-order chi connectivity index (χ0) is 27.4. The van der Waals surface area contributed by atoms with E-state index in [9.17, 15) is 4.79 Å². The fourth-order valence-electron chi connectivity index (χ4n) is 4.41. The lowest BCUT2D eigenvalue weighted by molar-refractivity contribution is -0.121. The smallest absolute Gasteiger partial charge is 0.219 e. The number of nitrogens with one attached hydrogen (secondary N) is 1. The Kier molecular flexibility index (Phi) is 11.6. The molecule has 1 heterocycles. The number of amides is 1. The summed E-state index contributed by atoms with van der Waals surface area (Å²) >= 11 is 0. The van der Waals surface area contributed by atoms with Crippen LogP contribution in [0.1, 0.15) is 64.9 Å². The van der Waals surface area contributed by atoms with Gasteiger partial charge >= 0.3 is 0 Å². The van der Waals surface area contributed by atoms with E-state index in [0.717, 1.165) is 66.8 Å². The zero-order valence-corrected chi connectivity index (χ0v) is 23.8. The van der Waals surface area contributed by atoms with Gasteiger partial charge in [0, 0.05) is 58.6 Å². The Hall–Kier alpha value is -2.90. The second-order valence-corrected chi connectivity index (χ2v) is 10.8. The molecule has 1 N–H and O–H groups in total. The third kappa shape index (κ3) is 8.84. The van der Waals surface area contributed by atoms with E-state index >= 15 is 0 Å². The van der Waals surface area contributed by atoms with Crippen LogP contribution in [0.25, 0.3) is 22.4 Å². The molecule has 0 unspecified atom stereocenters. The van der Waals surface area contributed by atoms with Gasteiger partial charge in [-0.15, -0.1) is 0 Å². The maximum Gasteiger partial charge on any atom is 0.219 e. The standard InChI is InChI=1S/C31H45N3O4/c1-31(2,3)25-14-12-24(13-15-25)30-33-27-17-16-26(23-28(27)34(30)19-10-21-37-5)38-22-8-6-7-11-29(35)32-18-9-20-36-4/h12-17,23H,6-11,18-22H2,1-5H3,(H,32,35). The Bertz CT molecular complexity index is 1130. The van der Waals surface area contributed by atoms with Gasteiger partial charge in [0.25, 0.3) is 0 Å². The molecule has 1 amide bonds. The van der Waals surface area contributed by atoms with Crippen molar-refractivity contribution < 1.29 is 19.0 Å². The summed E-state index contributed by atoms with van der Waals surface area (Å²) in [6.45, 7) is 10.2. The molecule has 7 nitrogen and oxygen atoms in total. The Morgan fingerprint density at radius 1 is 0.895 bits per heavy atom. The van der Waals surface area contributed by atoms with Crippen molar-refractivity contribution in [2.45, 2.75) is 71.3 Å². The monoisotopic (exact) mass is 523 g/mol. The van der Waals surface area contributed by atoms with E-state index in [1.807, 2.05) is 12.1 Å². The molecule has 0 fully saturated rings. The van der Waals surface area contributed by atoms with Crippen molar-refractivity contribution >= 4 is 16.9 Å². The van der Waals surface area contributed by atoms with Crippen molar-refractivity contribution in [1.29, 1.82) is 0 Å². The molecule has 0 saturated heterocycles. The third-order valence-electron chi connectivity index (χ3n) is 6.62. The van der Waals surface area contributed by atoms with E-state index < -0.39 is 0 Å². The lowest BCUT2D eigenvalue weighted by Crippen LogP contribution is -2.24. The van der Waals surface area contributed by atoms with Crippen molar-refractivity contribution in [3.05, 3.63) is 48.0 Å². The molecule has 0 saturated carbocycles. The molecule has 0 spiro atoms. The molecule has 1 aromatic heterocycles. The van der Waals surface area contributed by atoms with E-state index in [2.05, 4.69) is 61.0 Å². The number of unbranched alkanes of at least 4 members (excludes halogenated alkanes) is 2. The van der Waals surface area contributed by atoms with Crippen LogP contribution < -0.4 is 10.1 Å². The first-order valence-electron chi connectivity index (χ1n) is 13.8. The van der Waals surface area contributed by atoms with Crippen LogP contribution >= 0.6 is 0 Å². The molecular formula is C31H45N3O4. The average molecular weight is 524 g/mol. The van der Waals surface area contributed by atoms with Gasteiger partial charge in [0.1, 0.15) is 11.6 Å². The summed E-state index contributed by atoms with van der Waals surface area (Å²) in [7, 11) is 3.41. The summed E-state index contributed by atoms with van der Waals surface area (Å²) in [5, 5.41) is 2.93. The summed E-state index contributed by atoms with van der Waals surface area (Å²) in [5.74, 6) is 1.92. The van der Waals surface area contributed by atoms with Gasteiger partial charge in [0.2, 0.25) is 5.91 Å². The number of hydrogen-bond donors (Lipinski definition) is 1. The van der Waals surface area contributed by atoms with Crippen LogP contribution in [0, 0.1) is 0 Å². The van der Waals surface area contributed by atoms with Crippen molar-refractivity contribution in [1.82, 2.24) is 14.9 Å². The minimum Gasteiger partial charge on any atom is -0.494 e. The number of imidazole rings is 1. The van der Waals surface area contributed by atoms with Gasteiger partial charge in [-0.3, -0.25) is 4.79 Å². The maximum absolute atomic E-state index is 11.9. The Labute approximate surface area is 227 Å². The van der Waals surface area contributed by atoms with Crippen molar-refractivity contribution in [2.24, 2.45) is 0 Å². The van der Waals surface area contributed by atoms with Crippen LogP contribution in [0.4, 0.5) is 0 Å². The molecule has 0 aliphatic rings. The summed E-state index contributed by atoms with van der Waals surface area (Å²) in [4.78, 5) is 16.9. The summed E-state index contributed by atoms with van der Waals surface area (Å²) < 4.78 is 18.7. The van der Waals surface area contributed by atoms with E-state index in [1.54, 1.807) is 14.2 Å². The van der Waals surface area contributed by atoms with Crippen LogP contribution in [-0.4, -0.2) is 56.0 Å². The Morgan fingerprint density at radius 2 is 1.63 bits per heavy atom. The van der Waals surface area contributed by atoms with Crippen LogP contribution in [0.15, 0.2) is 42.5 Å². The highest BCUT2D eigenvalue weighted by atomic mass is 16.5. The fourth-order valence-corrected chi connectivity index (χ4v) is 4.41. The first-order chi connectivity index (χ1) is 18.3. The molecule has 7 heteroatoms. The second-order valence-electron chi connectivity index (χ2n) is 10.8. The summed E-state index contributed by atoms with van der Waals surface area (Å²) in [6.07, 6.45) is 5.03. The predicted molar refractivity (Wildman–Crippen MR) is 154 cm³/mol. The normalized spacial score (nSPS) is 11.7. The molecule has 3 rings (SSSR count). The number of rotatable bonds is 16. The van der Waals surface area contributed by atoms with Gasteiger partial charge in [0.05, 0.1) is 17.6 Å². The number of aromatic nitrogens is 2. The molecule has 38 heavy (non-hydrogen) atoms. The fraction of sp³-hybridized carbons (Fsp3) is 0.548. The molecule has 3 aromatic rings. The van der Waals surface area contributed by atoms with E-state index in [-0.39, 0.29) is 11.3 Å². The predicted octanol–water partition coefficient (Wildman–Crippen LogP) is 6.13. The SMILES string of the molecule is COCCCNC(=O)CCCCCOc1ccc2nc(-c3ccc(C(C)(C)C)cc3)n(CCCOC)c2c1. The van der Waals surface area contributed by atoms with Gasteiger partial charge in [-0.1, -0.05) is 45.0 Å². The topological polar surface area (TPSA) is 74.6 Å². The number of carbonyl (C=O) groups excluding carboxylic acids is 1. The molecular weight excluding hydrogens is 478 g/mol. The number of fused-ring (bicyclic) bond motifs is 1. The minimum atomic E-state index is 0.109. The molecule has 0 aliphatic carbocycles. The molecule has 0 aliphatic heterocycles. The van der Waals surface area contributed by atoms with Gasteiger partial charge in [-0.2, -0.15) is 0 Å². The number of carbonyl (C=O) groups is 1. The largest absolute Gasteiger partial charge is 0.494 e. The zero-order valence-electron chi connectivity index (χ0n) is 23.8. The Balaban J connectivity index is 1.61. The van der Waals surface area contributed by atoms with Gasteiger partial charge in [-0.25, -0.2) is 4.98 Å². The molecule has 208 valence electrons. The summed E-state index contributed by atoms with van der Waals surface area (Å²) in [6, 6.07) is 14.9. The quantitative estimate of drug-likeness (QED) is 0.229. The van der Waals surface area contributed by atoms with Gasteiger partial charge < -0.3 is 24.1 Å². The highest BCUT2D eigenvalue weighted by Gasteiger charge is 2.16. The molecule has 0 atom stereocenters. The molecule has 0 radical (unpaired) electrons. The van der Waals surface area contributed by atoms with Crippen LogP contribution in [-0.2, 0) is 26.2 Å². The first kappa shape index (κ1) is 29.7. The number of ether oxygens (including phenoxy) is 3. The van der Waals surface area contributed by atoms with E-state index in [1.165, 1.54) is 5.56 Å². The maximum atomic E-state index is 11.9. The lowest BCUT2D eigenvalue weighted by atomic mass is 9.87. The number of hydrogen-bond acceptors (Lipinski definition) is 5. The minimum absolute atomic E-state index is 0.109. The molecule has 2 aromatic carbocycles. The number of methoxy groups -OCH3 is 2. The third-order valence-corrected chi connectivity index (χ3v) is 6.62.